The Balaban J connectivity index is 2.50. The summed E-state index contributed by atoms with van der Waals surface area (Å²) >= 11 is 0. The second kappa shape index (κ2) is 5.66. The SMILES string of the molecule is CCN1C(=O)C/C(=C\CCCCO)C1=O. The van der Waals surface area contributed by atoms with Crippen LogP contribution in [0.3, 0.4) is 0 Å². The fraction of sp³-hybridized carbons (Fsp3) is 0.636. The molecule has 4 heteroatoms. The molecule has 1 aliphatic rings. The van der Waals surface area contributed by atoms with E-state index in [2.05, 4.69) is 0 Å². The molecule has 1 fully saturated rings. The number of hydrogen-bond acceptors (Lipinski definition) is 3. The fourth-order valence-electron chi connectivity index (χ4n) is 1.63. The number of carbonyl (C=O) groups is 2. The molecule has 0 aromatic heterocycles. The van der Waals surface area contributed by atoms with Gasteiger partial charge >= 0.3 is 0 Å². The predicted molar refractivity (Wildman–Crippen MR) is 56.0 cm³/mol. The summed E-state index contributed by atoms with van der Waals surface area (Å²) in [7, 11) is 0. The van der Waals surface area contributed by atoms with Crippen molar-refractivity contribution in [2.24, 2.45) is 0 Å². The largest absolute Gasteiger partial charge is 0.396 e. The van der Waals surface area contributed by atoms with Crippen molar-refractivity contribution in [3.05, 3.63) is 11.6 Å². The van der Waals surface area contributed by atoms with E-state index in [-0.39, 0.29) is 24.8 Å². The number of aliphatic hydroxyl groups is 1. The molecule has 4 nitrogen and oxygen atoms in total. The number of hydrogen-bond donors (Lipinski definition) is 1. The van der Waals surface area contributed by atoms with Crippen LogP contribution in [0, 0.1) is 0 Å². The maximum atomic E-state index is 11.6. The van der Waals surface area contributed by atoms with Gasteiger partial charge in [-0.3, -0.25) is 14.5 Å². The number of aliphatic hydroxyl groups excluding tert-OH is 1. The predicted octanol–water partition coefficient (Wildman–Crippen LogP) is 0.854. The van der Waals surface area contributed by atoms with Gasteiger partial charge in [-0.1, -0.05) is 6.08 Å². The minimum Gasteiger partial charge on any atom is -0.396 e. The Bertz CT molecular complexity index is 284. The molecule has 2 amide bonds. The lowest BCUT2D eigenvalue weighted by atomic mass is 10.1. The lowest BCUT2D eigenvalue weighted by Gasteiger charge is -2.08. The van der Waals surface area contributed by atoms with Gasteiger partial charge in [0.2, 0.25) is 5.91 Å². The third kappa shape index (κ3) is 2.89. The maximum Gasteiger partial charge on any atom is 0.256 e. The zero-order valence-electron chi connectivity index (χ0n) is 9.03. The van der Waals surface area contributed by atoms with Crippen molar-refractivity contribution in [3.8, 4) is 0 Å². The van der Waals surface area contributed by atoms with Gasteiger partial charge in [-0.2, -0.15) is 0 Å². The van der Waals surface area contributed by atoms with Gasteiger partial charge in [0.25, 0.3) is 5.91 Å². The lowest BCUT2D eigenvalue weighted by molar-refractivity contribution is -0.137. The molecule has 0 bridgehead atoms. The van der Waals surface area contributed by atoms with E-state index in [1.807, 2.05) is 6.08 Å². The smallest absolute Gasteiger partial charge is 0.256 e. The molecule has 15 heavy (non-hydrogen) atoms. The number of rotatable bonds is 5. The molecule has 1 saturated heterocycles. The number of allylic oxidation sites excluding steroid dienone is 1. The molecule has 1 aliphatic heterocycles. The summed E-state index contributed by atoms with van der Waals surface area (Å²) in [4.78, 5) is 24.2. The van der Waals surface area contributed by atoms with Crippen LogP contribution in [0.25, 0.3) is 0 Å². The number of imide groups is 1. The molecular weight excluding hydrogens is 194 g/mol. The van der Waals surface area contributed by atoms with Gasteiger partial charge in [-0.15, -0.1) is 0 Å². The monoisotopic (exact) mass is 211 g/mol. The highest BCUT2D eigenvalue weighted by Crippen LogP contribution is 2.19. The average molecular weight is 211 g/mol. The van der Waals surface area contributed by atoms with Gasteiger partial charge < -0.3 is 5.11 Å². The summed E-state index contributed by atoms with van der Waals surface area (Å²) < 4.78 is 0. The molecule has 0 radical (unpaired) electrons. The molecule has 1 N–H and O–H groups in total. The third-order valence-electron chi connectivity index (χ3n) is 2.48. The molecule has 0 spiro atoms. The molecule has 0 aliphatic carbocycles. The van der Waals surface area contributed by atoms with Crippen LogP contribution in [0.1, 0.15) is 32.6 Å². The van der Waals surface area contributed by atoms with Crippen molar-refractivity contribution in [1.82, 2.24) is 4.90 Å². The zero-order chi connectivity index (χ0) is 11.3. The van der Waals surface area contributed by atoms with Crippen LogP contribution in [-0.4, -0.2) is 35.0 Å². The minimum absolute atomic E-state index is 0.101. The van der Waals surface area contributed by atoms with E-state index in [0.29, 0.717) is 12.1 Å². The summed E-state index contributed by atoms with van der Waals surface area (Å²) in [6.45, 7) is 2.42. The van der Waals surface area contributed by atoms with Gasteiger partial charge in [-0.05, 0) is 26.2 Å². The molecule has 0 saturated carbocycles. The molecule has 0 unspecified atom stereocenters. The van der Waals surface area contributed by atoms with E-state index < -0.39 is 0 Å². The number of nitrogens with zero attached hydrogens (tertiary/aromatic N) is 1. The Morgan fingerprint density at radius 3 is 2.67 bits per heavy atom. The van der Waals surface area contributed by atoms with Crippen LogP contribution in [0.2, 0.25) is 0 Å². The number of likely N-dealkylation sites (tertiary alicyclic amines) is 1. The first-order valence-electron chi connectivity index (χ1n) is 5.35. The standard InChI is InChI=1S/C11H17NO3/c1-2-12-10(14)8-9(11(12)15)6-4-3-5-7-13/h6,13H,2-5,7-8H2,1H3/b9-6+. The van der Waals surface area contributed by atoms with Crippen molar-refractivity contribution in [2.75, 3.05) is 13.2 Å². The number of carbonyl (C=O) groups excluding carboxylic acids is 2. The van der Waals surface area contributed by atoms with Gasteiger partial charge in [0.1, 0.15) is 0 Å². The van der Waals surface area contributed by atoms with E-state index >= 15 is 0 Å². The summed E-state index contributed by atoms with van der Waals surface area (Å²) in [6.07, 6.45) is 4.42. The van der Waals surface area contributed by atoms with Crippen molar-refractivity contribution >= 4 is 11.8 Å². The third-order valence-corrected chi connectivity index (χ3v) is 2.48. The Kier molecular flexibility index (Phi) is 4.49. The van der Waals surface area contributed by atoms with Gasteiger partial charge in [0.05, 0.1) is 6.42 Å². The first kappa shape index (κ1) is 11.9. The van der Waals surface area contributed by atoms with Gasteiger partial charge in [-0.25, -0.2) is 0 Å². The Hall–Kier alpha value is -1.16. The summed E-state index contributed by atoms with van der Waals surface area (Å²) in [5.41, 5.74) is 0.611. The topological polar surface area (TPSA) is 57.6 Å². The molecular formula is C11H17NO3. The zero-order valence-corrected chi connectivity index (χ0v) is 9.03. The van der Waals surface area contributed by atoms with Crippen molar-refractivity contribution < 1.29 is 14.7 Å². The highest BCUT2D eigenvalue weighted by atomic mass is 16.3. The molecule has 1 heterocycles. The lowest BCUT2D eigenvalue weighted by Crippen LogP contribution is -2.28. The second-order valence-corrected chi connectivity index (χ2v) is 3.57. The average Bonchev–Trinajstić information content (AvgIpc) is 2.49. The van der Waals surface area contributed by atoms with E-state index in [1.54, 1.807) is 6.92 Å². The summed E-state index contributed by atoms with van der Waals surface area (Å²) in [6, 6.07) is 0. The van der Waals surface area contributed by atoms with Gasteiger partial charge in [0.15, 0.2) is 0 Å². The second-order valence-electron chi connectivity index (χ2n) is 3.57. The number of amides is 2. The van der Waals surface area contributed by atoms with Crippen LogP contribution >= 0.6 is 0 Å². The molecule has 84 valence electrons. The van der Waals surface area contributed by atoms with Crippen LogP contribution in [-0.2, 0) is 9.59 Å². The van der Waals surface area contributed by atoms with Gasteiger partial charge in [0, 0.05) is 18.7 Å². The summed E-state index contributed by atoms with van der Waals surface area (Å²) in [5, 5.41) is 8.58. The van der Waals surface area contributed by atoms with Crippen LogP contribution in [0.5, 0.6) is 0 Å². The van der Waals surface area contributed by atoms with Crippen molar-refractivity contribution in [1.29, 1.82) is 0 Å². The summed E-state index contributed by atoms with van der Waals surface area (Å²) in [5.74, 6) is -0.248. The Morgan fingerprint density at radius 2 is 2.13 bits per heavy atom. The highest BCUT2D eigenvalue weighted by molar-refractivity contribution is 6.13. The first-order valence-corrected chi connectivity index (χ1v) is 5.35. The highest BCUT2D eigenvalue weighted by Gasteiger charge is 2.31. The van der Waals surface area contributed by atoms with E-state index in [4.69, 9.17) is 5.11 Å². The maximum absolute atomic E-state index is 11.6. The van der Waals surface area contributed by atoms with E-state index in [0.717, 1.165) is 19.3 Å². The van der Waals surface area contributed by atoms with Crippen LogP contribution in [0.15, 0.2) is 11.6 Å². The first-order chi connectivity index (χ1) is 7.20. The minimum atomic E-state index is -0.147. The Morgan fingerprint density at radius 1 is 1.40 bits per heavy atom. The van der Waals surface area contributed by atoms with Crippen LogP contribution in [0.4, 0.5) is 0 Å². The Labute approximate surface area is 89.6 Å². The van der Waals surface area contributed by atoms with Crippen molar-refractivity contribution in [3.63, 3.8) is 0 Å². The van der Waals surface area contributed by atoms with E-state index in [9.17, 15) is 9.59 Å². The molecule has 0 atom stereocenters. The molecule has 1 rings (SSSR count). The number of likely N-dealkylation sites (N-methyl/N-ethyl adjacent to an activating group) is 1. The molecule has 0 aromatic carbocycles. The van der Waals surface area contributed by atoms with E-state index in [1.165, 1.54) is 4.90 Å². The molecule has 0 aromatic rings. The normalized spacial score (nSPS) is 19.3. The van der Waals surface area contributed by atoms with Crippen molar-refractivity contribution in [2.45, 2.75) is 32.6 Å². The number of unbranched alkanes of at least 4 members (excludes halogenated alkanes) is 2. The van der Waals surface area contributed by atoms with Crippen LogP contribution < -0.4 is 0 Å². The fourth-order valence-corrected chi connectivity index (χ4v) is 1.63. The quantitative estimate of drug-likeness (QED) is 0.417.